The molecule has 0 spiro atoms. The zero-order valence-corrected chi connectivity index (χ0v) is 17.5. The Kier molecular flexibility index (Phi) is 20.7. The average Bonchev–Trinajstić information content (AvgIpc) is 2.80. The first-order valence-corrected chi connectivity index (χ1v) is 8.82. The number of aryl methyl sites for hydroxylation is 1. The molecule has 0 aliphatic heterocycles. The fourth-order valence-electron chi connectivity index (χ4n) is 1.49. The number of phenolic OH excluding ortho intramolecular Hbond substituents is 3. The van der Waals surface area contributed by atoms with Crippen LogP contribution in [0.1, 0.15) is 5.56 Å². The highest BCUT2D eigenvalue weighted by molar-refractivity contribution is 5.53. The van der Waals surface area contributed by atoms with Crippen LogP contribution in [-0.4, -0.2) is 28.0 Å². The van der Waals surface area contributed by atoms with Crippen LogP contribution in [0.25, 0.3) is 0 Å². The number of aromatic hydroxyl groups is 3. The lowest BCUT2D eigenvalue weighted by Gasteiger charge is -1.92. The molecule has 0 saturated heterocycles. The Labute approximate surface area is 186 Å². The molecular weight excluding hydrogens is 412 g/mol. The first-order valence-electron chi connectivity index (χ1n) is 8.82. The third kappa shape index (κ3) is 21.5. The molecule has 3 aromatic rings. The molecule has 0 atom stereocenters. The van der Waals surface area contributed by atoms with Gasteiger partial charge >= 0.3 is 0 Å². The first-order chi connectivity index (χ1) is 15.4. The van der Waals surface area contributed by atoms with Crippen LogP contribution in [0.2, 0.25) is 0 Å². The Hall–Kier alpha value is -4.80. The van der Waals surface area contributed by atoms with Gasteiger partial charge in [-0.05, 0) is 42.8 Å². The summed E-state index contributed by atoms with van der Waals surface area (Å²) in [6.45, 7) is 1.87. The zero-order valence-electron chi connectivity index (χ0n) is 17.5. The maximum atomic E-state index is 8.92. The lowest BCUT2D eigenvalue weighted by molar-refractivity contribution is 0.471. The van der Waals surface area contributed by atoms with Gasteiger partial charge in [0.15, 0.2) is 12.7 Å². The first kappa shape index (κ1) is 29.4. The maximum absolute atomic E-state index is 8.92. The summed E-state index contributed by atoms with van der Waals surface area (Å²) in [5, 5.41) is 37.3. The normalized spacial score (nSPS) is 8.78. The monoisotopic (exact) mass is 440 g/mol. The second kappa shape index (κ2) is 22.5. The van der Waals surface area contributed by atoms with Crippen molar-refractivity contribution in [1.29, 1.82) is 11.1 Å². The summed E-state index contributed by atoms with van der Waals surface area (Å²) in [5.41, 5.74) is 12.9. The molecule has 0 bridgehead atoms. The number of nitrogens with two attached hydrogens (primary N) is 2. The Morgan fingerprint density at radius 3 is 1.12 bits per heavy atom. The summed E-state index contributed by atoms with van der Waals surface area (Å²) in [5.74, 6) is 10.0. The molecule has 170 valence electrons. The van der Waals surface area contributed by atoms with Gasteiger partial charge in [0.05, 0.1) is 0 Å². The molecule has 32 heavy (non-hydrogen) atoms. The Balaban J connectivity index is 0. The van der Waals surface area contributed by atoms with Crippen molar-refractivity contribution in [1.82, 2.24) is 0 Å². The summed E-state index contributed by atoms with van der Waals surface area (Å²) in [4.78, 5) is 0. The summed E-state index contributed by atoms with van der Waals surface area (Å²) in [7, 11) is 0. The predicted octanol–water partition coefficient (Wildman–Crippen LogP) is 4.32. The van der Waals surface area contributed by atoms with E-state index in [-0.39, 0.29) is 0 Å². The molecule has 0 saturated carbocycles. The molecular formula is C21H28N8O3. The van der Waals surface area contributed by atoms with Gasteiger partial charge in [-0.15, -0.1) is 10.2 Å². The largest absolute Gasteiger partial charge is 0.508 e. The third-order valence-electron chi connectivity index (χ3n) is 2.88. The fraction of sp³-hybridized carbons (Fsp3) is 0.0476. The van der Waals surface area contributed by atoms with Crippen molar-refractivity contribution in [3.05, 3.63) is 90.5 Å². The predicted molar refractivity (Wildman–Crippen MR) is 125 cm³/mol. The molecule has 0 heterocycles. The van der Waals surface area contributed by atoms with Gasteiger partial charge in [-0.3, -0.25) is 0 Å². The van der Waals surface area contributed by atoms with Gasteiger partial charge in [0.25, 0.3) is 0 Å². The molecule has 11 nitrogen and oxygen atoms in total. The zero-order chi connectivity index (χ0) is 24.5. The molecule has 3 rings (SSSR count). The molecule has 0 aliphatic rings. The number of hydrogen-bond acceptors (Lipinski definition) is 9. The number of para-hydroxylation sites is 3. The topological polar surface area (TPSA) is 210 Å². The molecule has 0 aromatic heterocycles. The molecule has 9 N–H and O–H groups in total. The average molecular weight is 441 g/mol. The molecule has 11 heteroatoms. The van der Waals surface area contributed by atoms with Crippen LogP contribution >= 0.6 is 0 Å². The Morgan fingerprint density at radius 2 is 0.969 bits per heavy atom. The van der Waals surface area contributed by atoms with E-state index >= 15 is 0 Å². The van der Waals surface area contributed by atoms with Gasteiger partial charge in [-0.2, -0.15) is 10.2 Å². The van der Waals surface area contributed by atoms with Crippen LogP contribution in [-0.2, 0) is 0 Å². The Morgan fingerprint density at radius 1 is 0.625 bits per heavy atom. The van der Waals surface area contributed by atoms with Crippen LogP contribution < -0.4 is 11.7 Å². The van der Waals surface area contributed by atoms with Gasteiger partial charge in [-0.25, -0.2) is 11.1 Å². The fourth-order valence-corrected chi connectivity index (χ4v) is 1.49. The second-order valence-corrected chi connectivity index (χ2v) is 5.24. The van der Waals surface area contributed by atoms with E-state index in [9.17, 15) is 0 Å². The highest BCUT2D eigenvalue weighted by atomic mass is 16.3. The van der Waals surface area contributed by atoms with E-state index in [0.717, 1.165) is 18.2 Å². The van der Waals surface area contributed by atoms with Crippen molar-refractivity contribution in [2.75, 3.05) is 0 Å². The standard InChI is InChI=1S/C7H8O.2C6H6O.2CH4N4/c1-6-4-2-3-5-7(6)8;2*7-6-4-2-1-3-5-6;2*2-4-1-5-3/h2-5,8H,1H3;2*1-5,7H;2*1-2H,3H2. The van der Waals surface area contributed by atoms with E-state index in [1.54, 1.807) is 54.6 Å². The number of rotatable bonds is 2. The third-order valence-corrected chi connectivity index (χ3v) is 2.88. The van der Waals surface area contributed by atoms with Gasteiger partial charge < -0.3 is 27.0 Å². The van der Waals surface area contributed by atoms with Gasteiger partial charge in [0, 0.05) is 0 Å². The van der Waals surface area contributed by atoms with Crippen LogP contribution in [0.15, 0.2) is 105 Å². The van der Waals surface area contributed by atoms with E-state index in [2.05, 4.69) is 32.1 Å². The quantitative estimate of drug-likeness (QED) is 0.102. The lowest BCUT2D eigenvalue weighted by Crippen LogP contribution is -1.75. The van der Waals surface area contributed by atoms with E-state index in [0.29, 0.717) is 17.2 Å². The molecule has 3 aromatic carbocycles. The van der Waals surface area contributed by atoms with Crippen LogP contribution in [0.4, 0.5) is 0 Å². The smallest absolute Gasteiger partial charge is 0.156 e. The van der Waals surface area contributed by atoms with E-state index in [1.165, 1.54) is 0 Å². The van der Waals surface area contributed by atoms with Crippen molar-refractivity contribution in [3.8, 4) is 17.2 Å². The summed E-state index contributed by atoms with van der Waals surface area (Å²) >= 11 is 0. The number of nitrogens with one attached hydrogen (secondary N) is 2. The number of benzene rings is 3. The minimum absolute atomic E-state index is 0.322. The number of hydrazone groups is 2. The van der Waals surface area contributed by atoms with Crippen LogP contribution in [0.3, 0.4) is 0 Å². The van der Waals surface area contributed by atoms with Gasteiger partial charge in [0.1, 0.15) is 17.2 Å². The van der Waals surface area contributed by atoms with E-state index < -0.39 is 0 Å². The maximum Gasteiger partial charge on any atom is 0.156 e. The van der Waals surface area contributed by atoms with Crippen molar-refractivity contribution < 1.29 is 15.3 Å². The molecule has 0 fully saturated rings. The SMILES string of the molecule is Cc1ccccc1O.N=NC=NN.N=NC=NN.Oc1ccccc1.Oc1ccccc1. The molecule has 0 radical (unpaired) electrons. The number of nitrogens with zero attached hydrogens (tertiary/aromatic N) is 4. The number of phenols is 3. The van der Waals surface area contributed by atoms with Crippen molar-refractivity contribution in [2.45, 2.75) is 6.92 Å². The summed E-state index contributed by atoms with van der Waals surface area (Å²) in [6, 6.07) is 24.7. The highest BCUT2D eigenvalue weighted by Gasteiger charge is 1.87. The van der Waals surface area contributed by atoms with Gasteiger partial charge in [-0.1, -0.05) is 54.6 Å². The second-order valence-electron chi connectivity index (χ2n) is 5.24. The van der Waals surface area contributed by atoms with Crippen molar-refractivity contribution in [2.24, 2.45) is 32.1 Å². The Bertz CT molecular complexity index is 817. The minimum atomic E-state index is 0.322. The summed E-state index contributed by atoms with van der Waals surface area (Å²) in [6.07, 6.45) is 1.89. The van der Waals surface area contributed by atoms with Crippen molar-refractivity contribution >= 4 is 12.7 Å². The highest BCUT2D eigenvalue weighted by Crippen LogP contribution is 2.12. The van der Waals surface area contributed by atoms with Gasteiger partial charge in [0.2, 0.25) is 0 Å². The van der Waals surface area contributed by atoms with Crippen molar-refractivity contribution in [3.63, 3.8) is 0 Å². The van der Waals surface area contributed by atoms with E-state index in [1.807, 2.05) is 37.3 Å². The van der Waals surface area contributed by atoms with E-state index in [4.69, 9.17) is 26.4 Å². The number of hydrogen-bond donors (Lipinski definition) is 7. The van der Waals surface area contributed by atoms with Crippen LogP contribution in [0, 0.1) is 18.0 Å². The minimum Gasteiger partial charge on any atom is -0.508 e. The lowest BCUT2D eigenvalue weighted by atomic mass is 10.2. The molecule has 0 amide bonds. The summed E-state index contributed by atoms with van der Waals surface area (Å²) < 4.78 is 0. The molecule has 0 aliphatic carbocycles. The molecule has 0 unspecified atom stereocenters. The van der Waals surface area contributed by atoms with Crippen LogP contribution in [0.5, 0.6) is 17.2 Å².